The second-order valence-electron chi connectivity index (χ2n) is 10.6. The summed E-state index contributed by atoms with van der Waals surface area (Å²) in [6, 6.07) is 9.22. The van der Waals surface area contributed by atoms with Gasteiger partial charge in [0.1, 0.15) is 23.8 Å². The van der Waals surface area contributed by atoms with Crippen LogP contribution in [0.3, 0.4) is 0 Å². The topological polar surface area (TPSA) is 78.3 Å². The van der Waals surface area contributed by atoms with Gasteiger partial charge in [0.05, 0.1) is 24.5 Å². The van der Waals surface area contributed by atoms with E-state index in [-0.39, 0.29) is 5.91 Å². The van der Waals surface area contributed by atoms with Gasteiger partial charge in [0.25, 0.3) is 0 Å². The van der Waals surface area contributed by atoms with Crippen molar-refractivity contribution < 1.29 is 14.3 Å². The van der Waals surface area contributed by atoms with Crippen LogP contribution in [0.4, 0.5) is 0 Å². The van der Waals surface area contributed by atoms with E-state index in [2.05, 4.69) is 53.2 Å². The minimum Gasteiger partial charge on any atom is -0.496 e. The highest BCUT2D eigenvalue weighted by Crippen LogP contribution is 2.39. The molecule has 1 atom stereocenters. The molecule has 1 aromatic carbocycles. The number of nitrogens with one attached hydrogen (secondary N) is 1. The maximum absolute atomic E-state index is 12.3. The molecule has 1 saturated heterocycles. The van der Waals surface area contributed by atoms with Gasteiger partial charge in [0.2, 0.25) is 5.91 Å². The number of rotatable bonds is 10. The second-order valence-corrected chi connectivity index (χ2v) is 16.2. The molecule has 3 aromatic rings. The molecule has 35 heavy (non-hydrogen) atoms. The van der Waals surface area contributed by atoms with Crippen molar-refractivity contribution >= 4 is 24.9 Å². The lowest BCUT2D eigenvalue weighted by atomic mass is 9.92. The second kappa shape index (κ2) is 9.95. The minimum absolute atomic E-state index is 0.0346. The molecule has 1 fully saturated rings. The number of aryl methyl sites for hydroxylation is 1. The molecule has 1 aliphatic heterocycles. The number of carbonyl (C=O) groups is 1. The summed E-state index contributed by atoms with van der Waals surface area (Å²) < 4.78 is 14.1. The Balaban J connectivity index is 1.82. The lowest BCUT2D eigenvalue weighted by Crippen LogP contribution is -2.41. The third-order valence-corrected chi connectivity index (χ3v) is 8.28. The van der Waals surface area contributed by atoms with E-state index in [9.17, 15) is 4.79 Å². The maximum atomic E-state index is 12.3. The van der Waals surface area contributed by atoms with Crippen LogP contribution in [0.5, 0.6) is 5.75 Å². The lowest BCUT2D eigenvalue weighted by Gasteiger charge is -2.29. The molecule has 0 aliphatic carbocycles. The van der Waals surface area contributed by atoms with Gasteiger partial charge in [-0.25, -0.2) is 4.98 Å². The van der Waals surface area contributed by atoms with E-state index < -0.39 is 13.6 Å². The number of ether oxygens (including phenoxy) is 2. The summed E-state index contributed by atoms with van der Waals surface area (Å²) in [6.07, 6.45) is 5.44. The summed E-state index contributed by atoms with van der Waals surface area (Å²) in [6.45, 7) is 14.0. The molecule has 1 unspecified atom stereocenters. The number of carbonyl (C=O) groups excluding carboxylic acids is 1. The zero-order valence-electron chi connectivity index (χ0n) is 21.5. The van der Waals surface area contributed by atoms with Gasteiger partial charge in [-0.2, -0.15) is 0 Å². The third-order valence-electron chi connectivity index (χ3n) is 6.58. The monoisotopic (exact) mass is 492 g/mol. The largest absolute Gasteiger partial charge is 0.496 e. The highest BCUT2D eigenvalue weighted by atomic mass is 28.3. The SMILES string of the molecule is C=CCC1(c2ncc(-c3cc4ccc(C)nc4cc3OC)n2COCC[Si](C)(C)C)CCC(=O)N1. The summed E-state index contributed by atoms with van der Waals surface area (Å²) in [5, 5.41) is 4.21. The Morgan fingerprint density at radius 1 is 1.29 bits per heavy atom. The van der Waals surface area contributed by atoms with Gasteiger partial charge in [-0.3, -0.25) is 9.78 Å². The molecule has 7 nitrogen and oxygen atoms in total. The van der Waals surface area contributed by atoms with Crippen LogP contribution < -0.4 is 10.1 Å². The zero-order valence-corrected chi connectivity index (χ0v) is 22.5. The van der Waals surface area contributed by atoms with Gasteiger partial charge in [-0.1, -0.05) is 31.8 Å². The molecule has 1 N–H and O–H groups in total. The number of hydrogen-bond acceptors (Lipinski definition) is 5. The van der Waals surface area contributed by atoms with Gasteiger partial charge in [0.15, 0.2) is 0 Å². The molecular formula is C27H36N4O3Si. The van der Waals surface area contributed by atoms with E-state index in [1.165, 1.54) is 0 Å². The molecule has 0 bridgehead atoms. The van der Waals surface area contributed by atoms with Crippen molar-refractivity contribution in [2.24, 2.45) is 0 Å². The van der Waals surface area contributed by atoms with Crippen LogP contribution in [-0.4, -0.2) is 42.2 Å². The van der Waals surface area contributed by atoms with Crippen molar-refractivity contribution in [3.8, 4) is 17.0 Å². The Labute approximate surface area is 208 Å². The molecule has 1 aliphatic rings. The van der Waals surface area contributed by atoms with Crippen LogP contribution in [-0.2, 0) is 21.8 Å². The molecule has 186 valence electrons. The van der Waals surface area contributed by atoms with Gasteiger partial charge in [-0.15, -0.1) is 6.58 Å². The van der Waals surface area contributed by atoms with Gasteiger partial charge >= 0.3 is 0 Å². The molecule has 2 aromatic heterocycles. The summed E-state index contributed by atoms with van der Waals surface area (Å²) in [4.78, 5) is 21.8. The van der Waals surface area contributed by atoms with Gasteiger partial charge in [-0.05, 0) is 37.9 Å². The van der Waals surface area contributed by atoms with Crippen molar-refractivity contribution in [2.75, 3.05) is 13.7 Å². The van der Waals surface area contributed by atoms with Crippen LogP contribution in [0.1, 0.15) is 30.8 Å². The number of hydrogen-bond donors (Lipinski definition) is 1. The first-order valence-corrected chi connectivity index (χ1v) is 15.9. The lowest BCUT2D eigenvalue weighted by molar-refractivity contribution is -0.119. The van der Waals surface area contributed by atoms with Crippen molar-refractivity contribution in [3.05, 3.63) is 54.6 Å². The Kier molecular flexibility index (Phi) is 7.14. The molecule has 0 radical (unpaired) electrons. The molecule has 0 saturated carbocycles. The Morgan fingerprint density at radius 2 is 2.09 bits per heavy atom. The Hall–Kier alpha value is -2.97. The number of amides is 1. The van der Waals surface area contributed by atoms with Crippen molar-refractivity contribution in [1.82, 2.24) is 19.9 Å². The smallest absolute Gasteiger partial charge is 0.220 e. The van der Waals surface area contributed by atoms with E-state index in [4.69, 9.17) is 14.5 Å². The predicted molar refractivity (Wildman–Crippen MR) is 142 cm³/mol. The van der Waals surface area contributed by atoms with Crippen LogP contribution in [0.15, 0.2) is 43.1 Å². The van der Waals surface area contributed by atoms with Gasteiger partial charge in [0, 0.05) is 43.8 Å². The number of nitrogens with zero attached hydrogens (tertiary/aromatic N) is 3. The molecule has 3 heterocycles. The first kappa shape index (κ1) is 25.1. The zero-order chi connectivity index (χ0) is 25.2. The van der Waals surface area contributed by atoms with Crippen molar-refractivity contribution in [3.63, 3.8) is 0 Å². The molecular weight excluding hydrogens is 456 g/mol. The molecule has 4 rings (SSSR count). The number of benzene rings is 1. The average molecular weight is 493 g/mol. The third kappa shape index (κ3) is 5.33. The number of imidazole rings is 1. The minimum atomic E-state index is -1.23. The molecule has 8 heteroatoms. The number of aromatic nitrogens is 3. The number of fused-ring (bicyclic) bond motifs is 1. The van der Waals surface area contributed by atoms with E-state index in [0.717, 1.165) is 45.5 Å². The predicted octanol–water partition coefficient (Wildman–Crippen LogP) is 5.41. The summed E-state index contributed by atoms with van der Waals surface area (Å²) in [5.41, 5.74) is 3.04. The normalized spacial score (nSPS) is 18.1. The average Bonchev–Trinajstić information content (AvgIpc) is 3.39. The van der Waals surface area contributed by atoms with Crippen LogP contribution in [0, 0.1) is 6.92 Å². The Bertz CT molecular complexity index is 1250. The highest BCUT2D eigenvalue weighted by Gasteiger charge is 2.42. The number of methoxy groups -OCH3 is 1. The summed E-state index contributed by atoms with van der Waals surface area (Å²) in [5.74, 6) is 1.54. The number of pyridine rings is 1. The Morgan fingerprint density at radius 3 is 2.74 bits per heavy atom. The van der Waals surface area contributed by atoms with E-state index in [0.29, 0.717) is 32.6 Å². The van der Waals surface area contributed by atoms with E-state index in [1.807, 2.05) is 31.3 Å². The fraction of sp³-hybridized carbons (Fsp3) is 0.444. The highest BCUT2D eigenvalue weighted by molar-refractivity contribution is 6.76. The molecule has 0 spiro atoms. The van der Waals surface area contributed by atoms with Crippen LogP contribution in [0.2, 0.25) is 25.7 Å². The van der Waals surface area contributed by atoms with Crippen molar-refractivity contribution in [1.29, 1.82) is 0 Å². The first-order chi connectivity index (χ1) is 16.7. The molecule has 1 amide bonds. The fourth-order valence-corrected chi connectivity index (χ4v) is 5.39. The quantitative estimate of drug-likeness (QED) is 0.233. The van der Waals surface area contributed by atoms with E-state index >= 15 is 0 Å². The van der Waals surface area contributed by atoms with Crippen molar-refractivity contribution in [2.45, 2.75) is 64.1 Å². The van der Waals surface area contributed by atoms with Gasteiger partial charge < -0.3 is 19.4 Å². The summed E-state index contributed by atoms with van der Waals surface area (Å²) >= 11 is 0. The first-order valence-electron chi connectivity index (χ1n) is 12.2. The van der Waals surface area contributed by atoms with Crippen LogP contribution >= 0.6 is 0 Å². The van der Waals surface area contributed by atoms with E-state index in [1.54, 1.807) is 7.11 Å². The van der Waals surface area contributed by atoms with Crippen LogP contribution in [0.25, 0.3) is 22.2 Å². The maximum Gasteiger partial charge on any atom is 0.220 e. The standard InChI is InChI=1S/C27H36N4O3Si/c1-7-11-27(12-10-25(32)30-27)26-28-17-23(31(26)18-34-13-14-35(4,5)6)21-15-20-9-8-19(2)29-22(20)16-24(21)33-3/h7-9,15-17H,1,10-14,18H2,2-6H3,(H,30,32). The fourth-order valence-electron chi connectivity index (χ4n) is 4.64. The summed E-state index contributed by atoms with van der Waals surface area (Å²) in [7, 11) is 0.440.